The Hall–Kier alpha value is -1.85. The zero-order valence-corrected chi connectivity index (χ0v) is 13.3. The lowest BCUT2D eigenvalue weighted by atomic mass is 9.81. The van der Waals surface area contributed by atoms with E-state index in [0.717, 1.165) is 0 Å². The molecule has 0 radical (unpaired) electrons. The van der Waals surface area contributed by atoms with Crippen LogP contribution < -0.4 is 0 Å². The molecule has 23 heavy (non-hydrogen) atoms. The molecule has 0 amide bonds. The molecular weight excluding hydrogens is 303 g/mol. The Labute approximate surface area is 134 Å². The Balaban J connectivity index is 2.73. The summed E-state index contributed by atoms with van der Waals surface area (Å²) in [6, 6.07) is 13.1. The highest BCUT2D eigenvalue weighted by atomic mass is 19.4. The zero-order valence-electron chi connectivity index (χ0n) is 13.3. The maximum atomic E-state index is 13.9. The lowest BCUT2D eigenvalue weighted by Gasteiger charge is -2.35. The molecule has 2 nitrogen and oxygen atoms in total. The summed E-state index contributed by atoms with van der Waals surface area (Å²) < 4.78 is 41.6. The molecule has 0 aliphatic rings. The van der Waals surface area contributed by atoms with E-state index in [1.165, 1.54) is 36.4 Å². The van der Waals surface area contributed by atoms with E-state index in [1.807, 2.05) is 0 Å². The maximum Gasteiger partial charge on any atom is 0.425 e. The average Bonchev–Trinajstić information content (AvgIpc) is 2.53. The van der Waals surface area contributed by atoms with E-state index in [2.05, 4.69) is 0 Å². The average molecular weight is 323 g/mol. The Morgan fingerprint density at radius 3 is 1.96 bits per heavy atom. The van der Waals surface area contributed by atoms with Gasteiger partial charge in [0.25, 0.3) is 0 Å². The summed E-state index contributed by atoms with van der Waals surface area (Å²) in [6.07, 6.45) is -4.84. The Morgan fingerprint density at radius 1 is 0.913 bits per heavy atom. The summed E-state index contributed by atoms with van der Waals surface area (Å²) in [5, 5.41) is 10.8. The van der Waals surface area contributed by atoms with Crippen molar-refractivity contribution in [3.63, 3.8) is 0 Å². The van der Waals surface area contributed by atoms with E-state index in [4.69, 9.17) is 0 Å². The summed E-state index contributed by atoms with van der Waals surface area (Å²) in [5.41, 5.74) is -2.93. The van der Waals surface area contributed by atoms with Crippen LogP contribution >= 0.6 is 0 Å². The summed E-state index contributed by atoms with van der Waals surface area (Å²) >= 11 is 0. The minimum atomic E-state index is -4.84. The summed E-state index contributed by atoms with van der Waals surface area (Å²) in [7, 11) is 3.58. The van der Waals surface area contributed by atoms with Gasteiger partial charge in [0, 0.05) is 11.6 Å². The smallest absolute Gasteiger partial charge is 0.372 e. The van der Waals surface area contributed by atoms with E-state index >= 15 is 0 Å². The van der Waals surface area contributed by atoms with E-state index in [-0.39, 0.29) is 17.2 Å². The fourth-order valence-electron chi connectivity index (χ4n) is 2.62. The van der Waals surface area contributed by atoms with Crippen molar-refractivity contribution in [2.45, 2.75) is 24.7 Å². The van der Waals surface area contributed by atoms with Crippen LogP contribution in [0.1, 0.15) is 29.7 Å². The predicted molar refractivity (Wildman–Crippen MR) is 84.0 cm³/mol. The van der Waals surface area contributed by atoms with Crippen LogP contribution in [-0.2, 0) is 5.60 Å². The number of nitrogens with zero attached hydrogens (tertiary/aromatic N) is 1. The van der Waals surface area contributed by atoms with Crippen molar-refractivity contribution in [3.05, 3.63) is 71.3 Å². The van der Waals surface area contributed by atoms with Gasteiger partial charge in [-0.1, -0.05) is 54.6 Å². The standard InChI is InChI=1S/C18H20F3NO/c1-13(22(2)3)15-11-7-8-12-16(15)17(23,18(19,20)21)14-9-5-4-6-10-14/h4-13,23H,1-3H3/t13-,17+/m1/s1. The van der Waals surface area contributed by atoms with Crippen molar-refractivity contribution in [1.82, 2.24) is 4.90 Å². The molecule has 0 aliphatic carbocycles. The molecule has 0 aliphatic heterocycles. The molecule has 5 heteroatoms. The summed E-state index contributed by atoms with van der Waals surface area (Å²) in [5.74, 6) is 0. The predicted octanol–water partition coefficient (Wildman–Crippen LogP) is 4.11. The van der Waals surface area contributed by atoms with Crippen molar-refractivity contribution < 1.29 is 18.3 Å². The topological polar surface area (TPSA) is 23.5 Å². The fourth-order valence-corrected chi connectivity index (χ4v) is 2.62. The molecule has 0 spiro atoms. The van der Waals surface area contributed by atoms with Gasteiger partial charge in [-0.25, -0.2) is 0 Å². The van der Waals surface area contributed by atoms with Gasteiger partial charge in [-0.2, -0.15) is 13.2 Å². The second-order valence-electron chi connectivity index (χ2n) is 5.80. The van der Waals surface area contributed by atoms with Gasteiger partial charge in [-0.05, 0) is 32.1 Å². The zero-order chi connectivity index (χ0) is 17.3. The van der Waals surface area contributed by atoms with Crippen LogP contribution in [0, 0.1) is 0 Å². The molecule has 1 N–H and O–H groups in total. The van der Waals surface area contributed by atoms with Gasteiger partial charge in [-0.3, -0.25) is 0 Å². The highest BCUT2D eigenvalue weighted by molar-refractivity contribution is 5.43. The quantitative estimate of drug-likeness (QED) is 0.915. The minimum Gasteiger partial charge on any atom is -0.372 e. The summed E-state index contributed by atoms with van der Waals surface area (Å²) in [4.78, 5) is 1.81. The van der Waals surface area contributed by atoms with Crippen LogP contribution in [0.5, 0.6) is 0 Å². The third-order valence-corrected chi connectivity index (χ3v) is 4.18. The first-order chi connectivity index (χ1) is 10.7. The molecule has 2 atom stereocenters. The summed E-state index contributed by atoms with van der Waals surface area (Å²) in [6.45, 7) is 1.81. The van der Waals surface area contributed by atoms with Gasteiger partial charge in [0.15, 0.2) is 0 Å². The van der Waals surface area contributed by atoms with E-state index in [0.29, 0.717) is 5.56 Å². The monoisotopic (exact) mass is 323 g/mol. The third-order valence-electron chi connectivity index (χ3n) is 4.18. The van der Waals surface area contributed by atoms with Crippen LogP contribution in [-0.4, -0.2) is 30.3 Å². The largest absolute Gasteiger partial charge is 0.425 e. The molecule has 0 saturated carbocycles. The van der Waals surface area contributed by atoms with E-state index in [1.54, 1.807) is 44.1 Å². The van der Waals surface area contributed by atoms with Crippen molar-refractivity contribution in [2.24, 2.45) is 0 Å². The number of aliphatic hydroxyl groups is 1. The Morgan fingerprint density at radius 2 is 1.43 bits per heavy atom. The minimum absolute atomic E-state index is 0.139. The molecular formula is C18H20F3NO. The second kappa shape index (κ2) is 6.34. The first-order valence-electron chi connectivity index (χ1n) is 7.30. The SMILES string of the molecule is C[C@H](c1ccccc1[C@@](O)(c1ccccc1)C(F)(F)F)N(C)C. The third kappa shape index (κ3) is 3.12. The van der Waals surface area contributed by atoms with Crippen LogP contribution in [0.2, 0.25) is 0 Å². The van der Waals surface area contributed by atoms with Gasteiger partial charge in [0.1, 0.15) is 0 Å². The molecule has 0 fully saturated rings. The van der Waals surface area contributed by atoms with E-state index in [9.17, 15) is 18.3 Å². The van der Waals surface area contributed by atoms with Crippen molar-refractivity contribution in [2.75, 3.05) is 14.1 Å². The van der Waals surface area contributed by atoms with Crippen molar-refractivity contribution in [3.8, 4) is 0 Å². The number of alkyl halides is 3. The molecule has 2 rings (SSSR count). The molecule has 0 aromatic heterocycles. The van der Waals surface area contributed by atoms with Gasteiger partial charge >= 0.3 is 6.18 Å². The van der Waals surface area contributed by atoms with Gasteiger partial charge in [0.2, 0.25) is 5.60 Å². The molecule has 0 bridgehead atoms. The molecule has 2 aromatic rings. The van der Waals surface area contributed by atoms with Crippen LogP contribution in [0.4, 0.5) is 13.2 Å². The molecule has 0 saturated heterocycles. The van der Waals surface area contributed by atoms with Gasteiger partial charge in [0.05, 0.1) is 0 Å². The van der Waals surface area contributed by atoms with Crippen LogP contribution in [0.15, 0.2) is 54.6 Å². The highest BCUT2D eigenvalue weighted by Crippen LogP contribution is 2.46. The van der Waals surface area contributed by atoms with Crippen LogP contribution in [0.3, 0.4) is 0 Å². The first-order valence-corrected chi connectivity index (χ1v) is 7.30. The maximum absolute atomic E-state index is 13.9. The molecule has 2 aromatic carbocycles. The number of rotatable bonds is 4. The Kier molecular flexibility index (Phi) is 4.82. The fraction of sp³-hybridized carbons (Fsp3) is 0.333. The van der Waals surface area contributed by atoms with E-state index < -0.39 is 11.8 Å². The lowest BCUT2D eigenvalue weighted by molar-refractivity contribution is -0.248. The normalized spacial score (nSPS) is 16.2. The van der Waals surface area contributed by atoms with Crippen LogP contribution in [0.25, 0.3) is 0 Å². The lowest BCUT2D eigenvalue weighted by Crippen LogP contribution is -2.44. The molecule has 0 heterocycles. The van der Waals surface area contributed by atoms with Gasteiger partial charge < -0.3 is 10.0 Å². The number of halogens is 3. The first kappa shape index (κ1) is 17.5. The Bertz CT molecular complexity index is 655. The number of hydrogen-bond donors (Lipinski definition) is 1. The highest BCUT2D eigenvalue weighted by Gasteiger charge is 2.57. The van der Waals surface area contributed by atoms with Crippen molar-refractivity contribution >= 4 is 0 Å². The van der Waals surface area contributed by atoms with Gasteiger partial charge in [-0.15, -0.1) is 0 Å². The van der Waals surface area contributed by atoms with Crippen molar-refractivity contribution in [1.29, 1.82) is 0 Å². The number of hydrogen-bond acceptors (Lipinski definition) is 2. The number of benzene rings is 2. The second-order valence-corrected chi connectivity index (χ2v) is 5.80. The molecule has 0 unspecified atom stereocenters. The molecule has 124 valence electrons.